The molecule has 0 saturated heterocycles. The second kappa shape index (κ2) is 9.30. The van der Waals surface area contributed by atoms with Crippen LogP contribution in [0.5, 0.6) is 0 Å². The molecule has 0 aliphatic rings. The Morgan fingerprint density at radius 1 is 1.13 bits per heavy atom. The number of hydrogen-bond donors (Lipinski definition) is 2. The molecular formula is C18H30N3O2+. The summed E-state index contributed by atoms with van der Waals surface area (Å²) >= 11 is 0. The van der Waals surface area contributed by atoms with Gasteiger partial charge < -0.3 is 15.1 Å². The fourth-order valence-corrected chi connectivity index (χ4v) is 2.73. The van der Waals surface area contributed by atoms with Crippen LogP contribution in [0.4, 0.5) is 0 Å². The zero-order chi connectivity index (χ0) is 17.4. The third-order valence-electron chi connectivity index (χ3n) is 3.84. The minimum Gasteiger partial charge on any atom is -0.349 e. The molecule has 1 aromatic carbocycles. The molecule has 128 valence electrons. The molecule has 2 atom stereocenters. The van der Waals surface area contributed by atoms with Crippen LogP contribution < -0.4 is 10.2 Å². The molecule has 23 heavy (non-hydrogen) atoms. The molecule has 1 rings (SSSR count). The number of nitrogens with one attached hydrogen (secondary N) is 2. The second-order valence-electron chi connectivity index (χ2n) is 6.10. The molecule has 0 bridgehead atoms. The van der Waals surface area contributed by atoms with Crippen molar-refractivity contribution in [2.45, 2.75) is 39.8 Å². The Kier molecular flexibility index (Phi) is 7.75. The Labute approximate surface area is 139 Å². The molecule has 0 aliphatic carbocycles. The average Bonchev–Trinajstić information content (AvgIpc) is 2.48. The van der Waals surface area contributed by atoms with Gasteiger partial charge in [0.15, 0.2) is 12.6 Å². The monoisotopic (exact) mass is 320 g/mol. The Morgan fingerprint density at radius 2 is 1.70 bits per heavy atom. The van der Waals surface area contributed by atoms with Crippen molar-refractivity contribution in [1.82, 2.24) is 10.2 Å². The Balaban J connectivity index is 3.00. The van der Waals surface area contributed by atoms with Gasteiger partial charge in [-0.25, -0.2) is 0 Å². The van der Waals surface area contributed by atoms with E-state index in [1.165, 1.54) is 0 Å². The number of nitrogens with zero attached hydrogens (tertiary/aromatic N) is 1. The van der Waals surface area contributed by atoms with E-state index in [0.717, 1.165) is 10.5 Å². The van der Waals surface area contributed by atoms with Crippen molar-refractivity contribution in [3.05, 3.63) is 35.9 Å². The number of carbonyl (C=O) groups is 2. The Bertz CT molecular complexity index is 498. The van der Waals surface area contributed by atoms with Gasteiger partial charge in [-0.3, -0.25) is 9.59 Å². The number of amides is 2. The predicted molar refractivity (Wildman–Crippen MR) is 92.1 cm³/mol. The molecule has 0 saturated carbocycles. The van der Waals surface area contributed by atoms with E-state index < -0.39 is 0 Å². The first-order valence-corrected chi connectivity index (χ1v) is 8.36. The molecule has 0 spiro atoms. The first-order valence-electron chi connectivity index (χ1n) is 8.36. The minimum atomic E-state index is -0.367. The van der Waals surface area contributed by atoms with Crippen molar-refractivity contribution < 1.29 is 14.5 Å². The molecule has 2 amide bonds. The van der Waals surface area contributed by atoms with Crippen LogP contribution in [0.15, 0.2) is 30.3 Å². The smallest absolute Gasteiger partial charge is 0.285 e. The second-order valence-corrected chi connectivity index (χ2v) is 6.10. The van der Waals surface area contributed by atoms with Crippen LogP contribution in [0, 0.1) is 0 Å². The summed E-state index contributed by atoms with van der Waals surface area (Å²) in [4.78, 5) is 27.7. The SMILES string of the molecule is CCN(CC)C(=O)[C@H](c1ccccc1)[NH+](C)CC(=O)NC(C)C. The van der Waals surface area contributed by atoms with Crippen LogP contribution >= 0.6 is 0 Å². The molecule has 1 aromatic rings. The van der Waals surface area contributed by atoms with Crippen LogP contribution in [0.25, 0.3) is 0 Å². The highest BCUT2D eigenvalue weighted by molar-refractivity contribution is 5.82. The van der Waals surface area contributed by atoms with Gasteiger partial charge >= 0.3 is 0 Å². The molecule has 5 nitrogen and oxygen atoms in total. The number of hydrogen-bond acceptors (Lipinski definition) is 2. The van der Waals surface area contributed by atoms with Crippen LogP contribution in [-0.2, 0) is 9.59 Å². The van der Waals surface area contributed by atoms with Crippen LogP contribution in [0.1, 0.15) is 39.3 Å². The van der Waals surface area contributed by atoms with E-state index in [-0.39, 0.29) is 30.4 Å². The Morgan fingerprint density at radius 3 is 2.17 bits per heavy atom. The van der Waals surface area contributed by atoms with E-state index in [1.54, 1.807) is 0 Å². The quantitative estimate of drug-likeness (QED) is 0.738. The predicted octanol–water partition coefficient (Wildman–Crippen LogP) is 0.635. The zero-order valence-corrected chi connectivity index (χ0v) is 14.9. The number of likely N-dealkylation sites (N-methyl/N-ethyl adjacent to an activating group) is 2. The van der Waals surface area contributed by atoms with E-state index in [4.69, 9.17) is 0 Å². The normalized spacial score (nSPS) is 13.5. The third kappa shape index (κ3) is 5.67. The summed E-state index contributed by atoms with van der Waals surface area (Å²) in [6.07, 6.45) is 0. The van der Waals surface area contributed by atoms with Gasteiger partial charge in [0.2, 0.25) is 0 Å². The van der Waals surface area contributed by atoms with Gasteiger partial charge in [0.05, 0.1) is 7.05 Å². The van der Waals surface area contributed by atoms with Crippen molar-refractivity contribution in [1.29, 1.82) is 0 Å². The summed E-state index contributed by atoms with van der Waals surface area (Å²) in [6, 6.07) is 9.44. The standard InChI is InChI=1S/C18H29N3O2/c1-6-21(7-2)18(23)17(15-11-9-8-10-12-15)20(5)13-16(22)19-14(3)4/h8-12,14,17H,6-7,13H2,1-5H3,(H,19,22)/p+1/t17-/m0/s1. The lowest BCUT2D eigenvalue weighted by Gasteiger charge is -2.29. The van der Waals surface area contributed by atoms with Crippen molar-refractivity contribution in [3.8, 4) is 0 Å². The number of quaternary nitrogens is 1. The number of rotatable bonds is 8. The van der Waals surface area contributed by atoms with Gasteiger partial charge in [0, 0.05) is 24.7 Å². The lowest BCUT2D eigenvalue weighted by Crippen LogP contribution is -3.11. The lowest BCUT2D eigenvalue weighted by molar-refractivity contribution is -0.894. The first-order chi connectivity index (χ1) is 10.9. The molecule has 2 N–H and O–H groups in total. The third-order valence-corrected chi connectivity index (χ3v) is 3.84. The zero-order valence-electron chi connectivity index (χ0n) is 14.9. The molecule has 0 heterocycles. The Hall–Kier alpha value is -1.88. The maximum atomic E-state index is 12.9. The van der Waals surface area contributed by atoms with Crippen molar-refractivity contribution in [3.63, 3.8) is 0 Å². The van der Waals surface area contributed by atoms with Gasteiger partial charge in [-0.05, 0) is 27.7 Å². The fourth-order valence-electron chi connectivity index (χ4n) is 2.73. The molecule has 5 heteroatoms. The summed E-state index contributed by atoms with van der Waals surface area (Å²) < 4.78 is 0. The number of benzene rings is 1. The molecule has 0 fully saturated rings. The highest BCUT2D eigenvalue weighted by atomic mass is 16.2. The van der Waals surface area contributed by atoms with Gasteiger partial charge in [-0.2, -0.15) is 0 Å². The van der Waals surface area contributed by atoms with E-state index >= 15 is 0 Å². The summed E-state index contributed by atoms with van der Waals surface area (Å²) in [7, 11) is 1.90. The van der Waals surface area contributed by atoms with E-state index in [2.05, 4.69) is 5.32 Å². The van der Waals surface area contributed by atoms with E-state index in [1.807, 2.05) is 70.0 Å². The van der Waals surface area contributed by atoms with Crippen molar-refractivity contribution in [2.24, 2.45) is 0 Å². The average molecular weight is 320 g/mol. The van der Waals surface area contributed by atoms with Gasteiger partial charge in [-0.1, -0.05) is 30.3 Å². The van der Waals surface area contributed by atoms with Gasteiger partial charge in [0.1, 0.15) is 0 Å². The van der Waals surface area contributed by atoms with Gasteiger partial charge in [0.25, 0.3) is 11.8 Å². The summed E-state index contributed by atoms with van der Waals surface area (Å²) in [5.41, 5.74) is 0.944. The topological polar surface area (TPSA) is 53.9 Å². The van der Waals surface area contributed by atoms with Crippen molar-refractivity contribution >= 4 is 11.8 Å². The van der Waals surface area contributed by atoms with Crippen molar-refractivity contribution in [2.75, 3.05) is 26.7 Å². The van der Waals surface area contributed by atoms with E-state index in [0.29, 0.717) is 13.1 Å². The van der Waals surface area contributed by atoms with Crippen LogP contribution in [-0.4, -0.2) is 49.4 Å². The van der Waals surface area contributed by atoms with Gasteiger partial charge in [-0.15, -0.1) is 0 Å². The lowest BCUT2D eigenvalue weighted by atomic mass is 10.0. The summed E-state index contributed by atoms with van der Waals surface area (Å²) in [5.74, 6) is 0.0295. The minimum absolute atomic E-state index is 0.0363. The highest BCUT2D eigenvalue weighted by Gasteiger charge is 2.33. The highest BCUT2D eigenvalue weighted by Crippen LogP contribution is 2.12. The van der Waals surface area contributed by atoms with E-state index in [9.17, 15) is 9.59 Å². The first kappa shape index (κ1) is 19.2. The largest absolute Gasteiger partial charge is 0.349 e. The summed E-state index contributed by atoms with van der Waals surface area (Å²) in [6.45, 7) is 9.43. The molecule has 0 aliphatic heterocycles. The molecule has 0 radical (unpaired) electrons. The van der Waals surface area contributed by atoms with Crippen LogP contribution in [0.3, 0.4) is 0 Å². The maximum absolute atomic E-state index is 12.9. The fraction of sp³-hybridized carbons (Fsp3) is 0.556. The summed E-state index contributed by atoms with van der Waals surface area (Å²) in [5, 5.41) is 2.89. The van der Waals surface area contributed by atoms with Crippen LogP contribution in [0.2, 0.25) is 0 Å². The molecule has 0 aromatic heterocycles. The molecule has 1 unspecified atom stereocenters. The maximum Gasteiger partial charge on any atom is 0.285 e. The molecular weight excluding hydrogens is 290 g/mol. The number of carbonyl (C=O) groups excluding carboxylic acids is 2.